The molecule has 0 atom stereocenters. The maximum absolute atomic E-state index is 13.4. The molecule has 1 saturated heterocycles. The minimum absolute atomic E-state index is 0.0610. The van der Waals surface area contributed by atoms with Crippen LogP contribution in [0, 0.1) is 5.82 Å². The zero-order chi connectivity index (χ0) is 18.8. The Morgan fingerprint density at radius 2 is 1.81 bits per heavy atom. The molecule has 0 spiro atoms. The highest BCUT2D eigenvalue weighted by Crippen LogP contribution is 2.27. The van der Waals surface area contributed by atoms with Gasteiger partial charge in [0.05, 0.1) is 5.69 Å². The number of hydrogen-bond acceptors (Lipinski definition) is 3. The number of carbonyl (C=O) groups is 1. The molecule has 6 heteroatoms. The van der Waals surface area contributed by atoms with E-state index in [9.17, 15) is 9.18 Å². The molecule has 3 heterocycles. The van der Waals surface area contributed by atoms with E-state index in [-0.39, 0.29) is 11.7 Å². The van der Waals surface area contributed by atoms with Crippen LogP contribution < -0.4 is 0 Å². The summed E-state index contributed by atoms with van der Waals surface area (Å²) in [5.41, 5.74) is 2.64. The van der Waals surface area contributed by atoms with Crippen molar-refractivity contribution in [3.05, 3.63) is 60.2 Å². The van der Waals surface area contributed by atoms with Crippen molar-refractivity contribution in [2.24, 2.45) is 0 Å². The lowest BCUT2D eigenvalue weighted by atomic mass is 10.1. The molecule has 3 aromatic rings. The third kappa shape index (κ3) is 3.45. The highest BCUT2D eigenvalue weighted by atomic mass is 19.1. The molecule has 0 N–H and O–H groups in total. The Morgan fingerprint density at radius 3 is 2.52 bits per heavy atom. The molecule has 0 saturated carbocycles. The highest BCUT2D eigenvalue weighted by molar-refractivity contribution is 5.99. The third-order valence-corrected chi connectivity index (χ3v) is 5.05. The van der Waals surface area contributed by atoms with Crippen molar-refractivity contribution in [3.63, 3.8) is 0 Å². The molecule has 1 amide bonds. The van der Waals surface area contributed by atoms with E-state index in [0.717, 1.165) is 31.6 Å². The van der Waals surface area contributed by atoms with Crippen LogP contribution in [-0.2, 0) is 0 Å². The smallest absolute Gasteiger partial charge is 0.274 e. The van der Waals surface area contributed by atoms with Gasteiger partial charge >= 0.3 is 0 Å². The third-order valence-electron chi connectivity index (χ3n) is 5.05. The number of piperazine rings is 1. The van der Waals surface area contributed by atoms with Crippen LogP contribution in [0.2, 0.25) is 0 Å². The minimum Gasteiger partial charge on any atom is -0.335 e. The number of benzene rings is 1. The normalized spacial score (nSPS) is 15.4. The summed E-state index contributed by atoms with van der Waals surface area (Å²) in [6.45, 7) is 6.42. The molecule has 4 rings (SSSR count). The fraction of sp³-hybridized carbons (Fsp3) is 0.333. The Balaban J connectivity index is 1.70. The highest BCUT2D eigenvalue weighted by Gasteiger charge is 2.27. The molecular formula is C21H23FN4O. The van der Waals surface area contributed by atoms with E-state index in [1.165, 1.54) is 12.1 Å². The van der Waals surface area contributed by atoms with Crippen LogP contribution in [0.1, 0.15) is 23.8 Å². The maximum Gasteiger partial charge on any atom is 0.274 e. The van der Waals surface area contributed by atoms with Gasteiger partial charge in [-0.1, -0.05) is 13.0 Å². The molecule has 140 valence electrons. The molecule has 0 unspecified atom stereocenters. The average molecular weight is 366 g/mol. The van der Waals surface area contributed by atoms with E-state index in [1.807, 2.05) is 33.7 Å². The van der Waals surface area contributed by atoms with Crippen LogP contribution in [0.4, 0.5) is 4.39 Å². The Morgan fingerprint density at radius 1 is 1.07 bits per heavy atom. The van der Waals surface area contributed by atoms with Gasteiger partial charge in [-0.25, -0.2) is 9.37 Å². The van der Waals surface area contributed by atoms with E-state index in [2.05, 4.69) is 16.8 Å². The monoisotopic (exact) mass is 366 g/mol. The lowest BCUT2D eigenvalue weighted by Gasteiger charge is -2.34. The van der Waals surface area contributed by atoms with E-state index < -0.39 is 0 Å². The first-order chi connectivity index (χ1) is 13.2. The Labute approximate surface area is 158 Å². The number of halogens is 1. The van der Waals surface area contributed by atoms with Gasteiger partial charge in [0.15, 0.2) is 5.69 Å². The van der Waals surface area contributed by atoms with Crippen LogP contribution in [0.3, 0.4) is 0 Å². The first kappa shape index (κ1) is 17.7. The van der Waals surface area contributed by atoms with Crippen LogP contribution >= 0.6 is 0 Å². The second kappa shape index (κ2) is 7.48. The summed E-state index contributed by atoms with van der Waals surface area (Å²) < 4.78 is 15.3. The van der Waals surface area contributed by atoms with Crippen molar-refractivity contribution in [2.45, 2.75) is 13.3 Å². The molecule has 0 aliphatic carbocycles. The number of rotatable bonds is 4. The van der Waals surface area contributed by atoms with Gasteiger partial charge in [-0.05, 0) is 49.4 Å². The first-order valence-electron chi connectivity index (χ1n) is 9.42. The number of aromatic nitrogens is 2. The standard InChI is InChI=1S/C21H23FN4O/c1-2-10-24-12-14-25(15-13-24)21(27)19-20(16-6-8-17(22)9-7-16)26-11-4-3-5-18(26)23-19/h3-9,11H,2,10,12-15H2,1H3. The zero-order valence-corrected chi connectivity index (χ0v) is 15.4. The van der Waals surface area contributed by atoms with Crippen molar-refractivity contribution < 1.29 is 9.18 Å². The summed E-state index contributed by atoms with van der Waals surface area (Å²) in [4.78, 5) is 22.1. The number of carbonyl (C=O) groups excluding carboxylic acids is 1. The van der Waals surface area contributed by atoms with E-state index in [4.69, 9.17) is 0 Å². The van der Waals surface area contributed by atoms with Crippen molar-refractivity contribution in [3.8, 4) is 11.3 Å². The Kier molecular flexibility index (Phi) is 4.90. The SMILES string of the molecule is CCCN1CCN(C(=O)c2nc3ccccn3c2-c2ccc(F)cc2)CC1. The van der Waals surface area contributed by atoms with Crippen molar-refractivity contribution in [1.29, 1.82) is 0 Å². The Bertz CT molecular complexity index is 942. The molecule has 1 aliphatic rings. The zero-order valence-electron chi connectivity index (χ0n) is 15.4. The van der Waals surface area contributed by atoms with E-state index >= 15 is 0 Å². The summed E-state index contributed by atoms with van der Waals surface area (Å²) in [5, 5.41) is 0. The summed E-state index contributed by atoms with van der Waals surface area (Å²) in [7, 11) is 0. The van der Waals surface area contributed by atoms with Gasteiger partial charge in [0.2, 0.25) is 0 Å². The second-order valence-corrected chi connectivity index (χ2v) is 6.88. The maximum atomic E-state index is 13.4. The fourth-order valence-corrected chi connectivity index (χ4v) is 3.67. The Hall–Kier alpha value is -2.73. The lowest BCUT2D eigenvalue weighted by Crippen LogP contribution is -2.48. The molecule has 1 aliphatic heterocycles. The predicted molar refractivity (Wildman–Crippen MR) is 103 cm³/mol. The van der Waals surface area contributed by atoms with Crippen LogP contribution in [0.5, 0.6) is 0 Å². The van der Waals surface area contributed by atoms with Crippen molar-refractivity contribution >= 4 is 11.6 Å². The van der Waals surface area contributed by atoms with Gasteiger partial charge in [-0.3, -0.25) is 14.1 Å². The van der Waals surface area contributed by atoms with Gasteiger partial charge in [0, 0.05) is 37.9 Å². The lowest BCUT2D eigenvalue weighted by molar-refractivity contribution is 0.0633. The second-order valence-electron chi connectivity index (χ2n) is 6.88. The van der Waals surface area contributed by atoms with Crippen LogP contribution in [0.25, 0.3) is 16.9 Å². The van der Waals surface area contributed by atoms with Crippen LogP contribution in [0.15, 0.2) is 48.7 Å². The molecule has 2 aromatic heterocycles. The molecule has 27 heavy (non-hydrogen) atoms. The molecular weight excluding hydrogens is 343 g/mol. The average Bonchev–Trinajstić information content (AvgIpc) is 3.08. The molecule has 0 radical (unpaired) electrons. The number of pyridine rings is 1. The van der Waals surface area contributed by atoms with Gasteiger partial charge in [0.25, 0.3) is 5.91 Å². The quantitative estimate of drug-likeness (QED) is 0.711. The van der Waals surface area contributed by atoms with Gasteiger partial charge in [0.1, 0.15) is 11.5 Å². The van der Waals surface area contributed by atoms with Crippen LogP contribution in [-0.4, -0.2) is 57.8 Å². The molecule has 1 aromatic carbocycles. The van der Waals surface area contributed by atoms with Gasteiger partial charge in [-0.2, -0.15) is 0 Å². The number of imidazole rings is 1. The fourth-order valence-electron chi connectivity index (χ4n) is 3.67. The minimum atomic E-state index is -0.299. The topological polar surface area (TPSA) is 40.8 Å². The summed E-state index contributed by atoms with van der Waals surface area (Å²) in [6.07, 6.45) is 3.01. The van der Waals surface area contributed by atoms with Crippen molar-refractivity contribution in [1.82, 2.24) is 19.2 Å². The summed E-state index contributed by atoms with van der Waals surface area (Å²) in [6, 6.07) is 11.9. The van der Waals surface area contributed by atoms with Gasteiger partial charge in [-0.15, -0.1) is 0 Å². The predicted octanol–water partition coefficient (Wildman–Crippen LogP) is 3.31. The van der Waals surface area contributed by atoms with E-state index in [0.29, 0.717) is 30.1 Å². The largest absolute Gasteiger partial charge is 0.335 e. The number of fused-ring (bicyclic) bond motifs is 1. The first-order valence-corrected chi connectivity index (χ1v) is 9.42. The molecule has 1 fully saturated rings. The summed E-state index contributed by atoms with van der Waals surface area (Å²) in [5.74, 6) is -0.360. The number of amides is 1. The molecule has 0 bridgehead atoms. The number of nitrogens with zero attached hydrogens (tertiary/aromatic N) is 4. The van der Waals surface area contributed by atoms with Crippen molar-refractivity contribution in [2.75, 3.05) is 32.7 Å². The van der Waals surface area contributed by atoms with E-state index in [1.54, 1.807) is 12.1 Å². The van der Waals surface area contributed by atoms with Gasteiger partial charge < -0.3 is 4.90 Å². The summed E-state index contributed by atoms with van der Waals surface area (Å²) >= 11 is 0. The molecule has 5 nitrogen and oxygen atoms in total. The number of hydrogen-bond donors (Lipinski definition) is 0.